The van der Waals surface area contributed by atoms with Crippen LogP contribution in [0.25, 0.3) is 5.69 Å². The third kappa shape index (κ3) is 2.68. The van der Waals surface area contributed by atoms with Gasteiger partial charge in [-0.15, -0.1) is 5.10 Å². The Labute approximate surface area is 106 Å². The summed E-state index contributed by atoms with van der Waals surface area (Å²) in [4.78, 5) is 11.4. The Kier molecular flexibility index (Phi) is 3.48. The minimum absolute atomic E-state index is 0.120. The van der Waals surface area contributed by atoms with E-state index in [2.05, 4.69) is 36.8 Å². The second kappa shape index (κ2) is 5.05. The highest BCUT2D eigenvalue weighted by Gasteiger charge is 2.12. The zero-order chi connectivity index (χ0) is 12.3. The molecule has 0 aliphatic carbocycles. The van der Waals surface area contributed by atoms with E-state index in [0.717, 1.165) is 5.69 Å². The van der Waals surface area contributed by atoms with Crippen LogP contribution in [0.5, 0.6) is 0 Å². The number of nitrogens with one attached hydrogen (secondary N) is 1. The van der Waals surface area contributed by atoms with Gasteiger partial charge >= 0.3 is 0 Å². The lowest BCUT2D eigenvalue weighted by Gasteiger charge is -2.10. The molecule has 1 aromatic heterocycles. The number of hydrogen-bond donors (Lipinski definition) is 1. The summed E-state index contributed by atoms with van der Waals surface area (Å²) in [5.74, 6) is -0.120. The predicted octanol–water partition coefficient (Wildman–Crippen LogP) is 1.38. The zero-order valence-corrected chi connectivity index (χ0v) is 10.6. The molecule has 2 rings (SSSR count). The van der Waals surface area contributed by atoms with Crippen LogP contribution in [-0.2, 0) is 4.79 Å². The Morgan fingerprint density at radius 3 is 2.88 bits per heavy atom. The minimum atomic E-state index is -0.260. The van der Waals surface area contributed by atoms with Gasteiger partial charge in [-0.25, -0.2) is 0 Å². The van der Waals surface area contributed by atoms with Gasteiger partial charge in [0, 0.05) is 0 Å². The Morgan fingerprint density at radius 2 is 2.24 bits per heavy atom. The van der Waals surface area contributed by atoms with Gasteiger partial charge in [-0.3, -0.25) is 4.79 Å². The molecular formula is C10H10BrN5O. The predicted molar refractivity (Wildman–Crippen MR) is 66.2 cm³/mol. The van der Waals surface area contributed by atoms with Crippen molar-refractivity contribution in [1.82, 2.24) is 20.2 Å². The molecule has 1 amide bonds. The maximum Gasteiger partial charge on any atom is 0.237 e. The number of alkyl halides is 1. The zero-order valence-electron chi connectivity index (χ0n) is 9.04. The van der Waals surface area contributed by atoms with Gasteiger partial charge in [-0.05, 0) is 29.5 Å². The van der Waals surface area contributed by atoms with E-state index in [4.69, 9.17) is 0 Å². The maximum absolute atomic E-state index is 11.6. The lowest BCUT2D eigenvalue weighted by Crippen LogP contribution is -2.21. The first-order valence-electron chi connectivity index (χ1n) is 4.96. The van der Waals surface area contributed by atoms with Gasteiger partial charge in [0.25, 0.3) is 0 Å². The minimum Gasteiger partial charge on any atom is -0.323 e. The van der Waals surface area contributed by atoms with Crippen molar-refractivity contribution in [3.63, 3.8) is 0 Å². The molecule has 6 nitrogen and oxygen atoms in total. The highest BCUT2D eigenvalue weighted by atomic mass is 79.9. The molecule has 0 radical (unpaired) electrons. The standard InChI is InChI=1S/C10H10BrN5O/c1-7(11)10(17)13-8-4-2-3-5-9(8)16-6-12-14-15-16/h2-7H,1H3,(H,13,17). The quantitative estimate of drug-likeness (QED) is 0.869. The number of aromatic nitrogens is 4. The van der Waals surface area contributed by atoms with Gasteiger partial charge in [-0.2, -0.15) is 4.68 Å². The fourth-order valence-electron chi connectivity index (χ4n) is 1.28. The van der Waals surface area contributed by atoms with Crippen molar-refractivity contribution in [2.45, 2.75) is 11.8 Å². The van der Waals surface area contributed by atoms with Crippen molar-refractivity contribution in [2.24, 2.45) is 0 Å². The van der Waals surface area contributed by atoms with Crippen molar-refractivity contribution in [3.05, 3.63) is 30.6 Å². The number of anilines is 1. The molecule has 17 heavy (non-hydrogen) atoms. The van der Waals surface area contributed by atoms with Crippen molar-refractivity contribution in [3.8, 4) is 5.69 Å². The normalized spacial score (nSPS) is 12.1. The fourth-order valence-corrected chi connectivity index (χ4v) is 1.40. The largest absolute Gasteiger partial charge is 0.323 e. The first-order valence-corrected chi connectivity index (χ1v) is 5.87. The van der Waals surface area contributed by atoms with E-state index in [1.54, 1.807) is 13.0 Å². The smallest absolute Gasteiger partial charge is 0.237 e. The first-order chi connectivity index (χ1) is 8.18. The molecular weight excluding hydrogens is 286 g/mol. The van der Waals surface area contributed by atoms with E-state index in [9.17, 15) is 4.79 Å². The average Bonchev–Trinajstić information content (AvgIpc) is 2.83. The van der Waals surface area contributed by atoms with E-state index in [0.29, 0.717) is 5.69 Å². The Morgan fingerprint density at radius 1 is 1.47 bits per heavy atom. The van der Waals surface area contributed by atoms with E-state index in [1.807, 2.05) is 18.2 Å². The number of halogens is 1. The molecule has 0 aliphatic rings. The SMILES string of the molecule is CC(Br)C(=O)Nc1ccccc1-n1cnnn1. The van der Waals surface area contributed by atoms with Crippen LogP contribution in [0.4, 0.5) is 5.69 Å². The molecule has 0 fully saturated rings. The van der Waals surface area contributed by atoms with Crippen LogP contribution in [-0.4, -0.2) is 30.9 Å². The van der Waals surface area contributed by atoms with Gasteiger partial charge in [0.1, 0.15) is 6.33 Å². The molecule has 1 N–H and O–H groups in total. The molecule has 1 heterocycles. The molecule has 1 atom stereocenters. The highest BCUT2D eigenvalue weighted by molar-refractivity contribution is 9.10. The topological polar surface area (TPSA) is 72.7 Å². The number of nitrogens with zero attached hydrogens (tertiary/aromatic N) is 4. The number of rotatable bonds is 3. The van der Waals surface area contributed by atoms with Crippen molar-refractivity contribution in [1.29, 1.82) is 0 Å². The average molecular weight is 296 g/mol. The summed E-state index contributed by atoms with van der Waals surface area (Å²) in [6.07, 6.45) is 1.47. The summed E-state index contributed by atoms with van der Waals surface area (Å²) in [6.45, 7) is 1.76. The number of amides is 1. The number of para-hydroxylation sites is 2. The maximum atomic E-state index is 11.6. The number of benzene rings is 1. The van der Waals surface area contributed by atoms with Gasteiger partial charge in [-0.1, -0.05) is 28.1 Å². The van der Waals surface area contributed by atoms with E-state index >= 15 is 0 Å². The number of carbonyl (C=O) groups is 1. The van der Waals surface area contributed by atoms with Crippen LogP contribution in [0, 0.1) is 0 Å². The number of carbonyl (C=O) groups excluding carboxylic acids is 1. The van der Waals surface area contributed by atoms with Crippen molar-refractivity contribution in [2.75, 3.05) is 5.32 Å². The van der Waals surface area contributed by atoms with Gasteiger partial charge in [0.2, 0.25) is 5.91 Å². The van der Waals surface area contributed by atoms with E-state index < -0.39 is 0 Å². The third-order valence-electron chi connectivity index (χ3n) is 2.12. The Balaban J connectivity index is 2.32. The monoisotopic (exact) mass is 295 g/mol. The van der Waals surface area contributed by atoms with Gasteiger partial charge < -0.3 is 5.32 Å². The van der Waals surface area contributed by atoms with Crippen LogP contribution in [0.3, 0.4) is 0 Å². The third-order valence-corrected chi connectivity index (χ3v) is 2.53. The molecule has 0 saturated carbocycles. The van der Waals surface area contributed by atoms with Crippen LogP contribution in [0.2, 0.25) is 0 Å². The summed E-state index contributed by atoms with van der Waals surface area (Å²) >= 11 is 3.21. The lowest BCUT2D eigenvalue weighted by molar-refractivity contribution is -0.115. The van der Waals surface area contributed by atoms with Crippen LogP contribution < -0.4 is 5.32 Å². The Hall–Kier alpha value is -1.76. The summed E-state index contributed by atoms with van der Waals surface area (Å²) in [7, 11) is 0. The number of hydrogen-bond acceptors (Lipinski definition) is 4. The molecule has 0 spiro atoms. The van der Waals surface area contributed by atoms with Crippen LogP contribution in [0.15, 0.2) is 30.6 Å². The Bertz CT molecular complexity index is 511. The molecule has 0 bridgehead atoms. The second-order valence-corrected chi connectivity index (χ2v) is 4.75. The molecule has 1 aromatic carbocycles. The molecule has 7 heteroatoms. The summed E-state index contributed by atoms with van der Waals surface area (Å²) in [5.41, 5.74) is 1.38. The molecule has 0 aliphatic heterocycles. The number of tetrazole rings is 1. The van der Waals surface area contributed by atoms with Gasteiger partial charge in [0.05, 0.1) is 16.2 Å². The molecule has 88 valence electrons. The lowest BCUT2D eigenvalue weighted by atomic mass is 10.2. The van der Waals surface area contributed by atoms with Gasteiger partial charge in [0.15, 0.2) is 0 Å². The fraction of sp³-hybridized carbons (Fsp3) is 0.200. The van der Waals surface area contributed by atoms with Crippen molar-refractivity contribution >= 4 is 27.5 Å². The molecule has 2 aromatic rings. The van der Waals surface area contributed by atoms with Crippen LogP contribution in [0.1, 0.15) is 6.92 Å². The second-order valence-electron chi connectivity index (χ2n) is 3.38. The highest BCUT2D eigenvalue weighted by Crippen LogP contribution is 2.19. The van der Waals surface area contributed by atoms with Crippen LogP contribution >= 0.6 is 15.9 Å². The summed E-state index contributed by atoms with van der Waals surface area (Å²) in [5, 5.41) is 13.7. The summed E-state index contributed by atoms with van der Waals surface area (Å²) < 4.78 is 1.49. The van der Waals surface area contributed by atoms with Crippen molar-refractivity contribution < 1.29 is 4.79 Å². The summed E-state index contributed by atoms with van der Waals surface area (Å²) in [6, 6.07) is 7.31. The first kappa shape index (κ1) is 11.7. The van der Waals surface area contributed by atoms with E-state index in [-0.39, 0.29) is 10.7 Å². The molecule has 1 unspecified atom stereocenters. The molecule has 0 saturated heterocycles. The van der Waals surface area contributed by atoms with E-state index in [1.165, 1.54) is 11.0 Å².